The van der Waals surface area contributed by atoms with E-state index >= 15 is 0 Å². The molecule has 1 aromatic heterocycles. The Morgan fingerprint density at radius 2 is 1.75 bits per heavy atom. The maximum atomic E-state index is 13.6. The molecule has 0 aliphatic carbocycles. The molecule has 2 aromatic rings. The lowest BCUT2D eigenvalue weighted by Crippen LogP contribution is -2.35. The highest BCUT2D eigenvalue weighted by Gasteiger charge is 2.16. The summed E-state index contributed by atoms with van der Waals surface area (Å²) in [5, 5.41) is 10.7. The van der Waals surface area contributed by atoms with Gasteiger partial charge in [-0.05, 0) is 20.8 Å². The van der Waals surface area contributed by atoms with Crippen molar-refractivity contribution in [3.63, 3.8) is 0 Å². The Morgan fingerprint density at radius 1 is 1.15 bits per heavy atom. The van der Waals surface area contributed by atoms with Crippen molar-refractivity contribution in [3.05, 3.63) is 41.5 Å². The fraction of sp³-hybridized carbons (Fsp3) is 0.385. The Hall–Kier alpha value is -1.89. The van der Waals surface area contributed by atoms with Crippen LogP contribution in [0.4, 0.5) is 13.2 Å². The van der Waals surface area contributed by atoms with Crippen molar-refractivity contribution in [1.29, 1.82) is 0 Å². The number of aromatic nitrogens is 3. The first kappa shape index (κ1) is 14.5. The van der Waals surface area contributed by atoms with Gasteiger partial charge in [-0.15, -0.1) is 5.10 Å². The van der Waals surface area contributed by atoms with Crippen molar-refractivity contribution >= 4 is 0 Å². The number of nitrogens with zero attached hydrogens (tertiary/aromatic N) is 3. The van der Waals surface area contributed by atoms with Crippen molar-refractivity contribution in [1.82, 2.24) is 20.3 Å². The van der Waals surface area contributed by atoms with Crippen LogP contribution in [0.3, 0.4) is 0 Å². The molecule has 20 heavy (non-hydrogen) atoms. The Morgan fingerprint density at radius 3 is 2.30 bits per heavy atom. The van der Waals surface area contributed by atoms with Crippen LogP contribution in [-0.4, -0.2) is 20.5 Å². The first-order chi connectivity index (χ1) is 9.26. The van der Waals surface area contributed by atoms with Crippen molar-refractivity contribution < 1.29 is 13.2 Å². The minimum Gasteiger partial charge on any atom is -0.306 e. The van der Waals surface area contributed by atoms with Gasteiger partial charge in [0.2, 0.25) is 0 Å². The van der Waals surface area contributed by atoms with E-state index in [0.29, 0.717) is 24.4 Å². The van der Waals surface area contributed by atoms with E-state index in [1.54, 1.807) is 0 Å². The lowest BCUT2D eigenvalue weighted by Gasteiger charge is -2.19. The van der Waals surface area contributed by atoms with Crippen LogP contribution >= 0.6 is 0 Å². The van der Waals surface area contributed by atoms with Crippen LogP contribution < -0.4 is 5.32 Å². The maximum absolute atomic E-state index is 13.6. The highest BCUT2D eigenvalue weighted by Crippen LogP contribution is 2.18. The molecule has 1 heterocycles. The Labute approximate surface area is 114 Å². The van der Waals surface area contributed by atoms with Crippen LogP contribution in [0.15, 0.2) is 18.3 Å². The van der Waals surface area contributed by atoms with Gasteiger partial charge in [0.25, 0.3) is 0 Å². The monoisotopic (exact) mass is 284 g/mol. The molecule has 0 atom stereocenters. The first-order valence-corrected chi connectivity index (χ1v) is 6.07. The molecule has 108 valence electrons. The van der Waals surface area contributed by atoms with E-state index in [4.69, 9.17) is 0 Å². The standard InChI is InChI=1S/C13H15F3N4/c1-13(2,3)17-6-9-7-20(19-18-9)12-10(15)4-8(14)5-11(12)16/h4-5,7,17H,6H2,1-3H3. The van der Waals surface area contributed by atoms with E-state index in [1.807, 2.05) is 20.8 Å². The van der Waals surface area contributed by atoms with Crippen LogP contribution in [-0.2, 0) is 6.54 Å². The largest absolute Gasteiger partial charge is 0.306 e. The van der Waals surface area contributed by atoms with Gasteiger partial charge in [-0.2, -0.15) is 0 Å². The summed E-state index contributed by atoms with van der Waals surface area (Å²) in [6, 6.07) is 1.21. The predicted molar refractivity (Wildman–Crippen MR) is 67.8 cm³/mol. The molecule has 0 radical (unpaired) electrons. The normalized spacial score (nSPS) is 11.9. The van der Waals surface area contributed by atoms with E-state index in [2.05, 4.69) is 15.6 Å². The second kappa shape index (κ2) is 5.24. The molecular weight excluding hydrogens is 269 g/mol. The summed E-state index contributed by atoms with van der Waals surface area (Å²) in [5.74, 6) is -3.02. The van der Waals surface area contributed by atoms with Crippen molar-refractivity contribution in [2.24, 2.45) is 0 Å². The summed E-state index contributed by atoms with van der Waals surface area (Å²) < 4.78 is 41.0. The summed E-state index contributed by atoms with van der Waals surface area (Å²) in [6.07, 6.45) is 1.40. The number of hydrogen-bond donors (Lipinski definition) is 1. The first-order valence-electron chi connectivity index (χ1n) is 6.07. The maximum Gasteiger partial charge on any atom is 0.154 e. The van der Waals surface area contributed by atoms with Crippen molar-refractivity contribution in [3.8, 4) is 5.69 Å². The zero-order chi connectivity index (χ0) is 14.9. The zero-order valence-corrected chi connectivity index (χ0v) is 11.4. The molecule has 0 bridgehead atoms. The molecule has 0 aliphatic heterocycles. The highest BCUT2D eigenvalue weighted by molar-refractivity contribution is 5.34. The van der Waals surface area contributed by atoms with Gasteiger partial charge < -0.3 is 5.32 Å². The summed E-state index contributed by atoms with van der Waals surface area (Å²) in [5.41, 5.74) is -0.0279. The number of halogens is 3. The molecule has 0 saturated carbocycles. The zero-order valence-electron chi connectivity index (χ0n) is 11.4. The van der Waals surface area contributed by atoms with Crippen molar-refractivity contribution in [2.45, 2.75) is 32.9 Å². The molecule has 0 amide bonds. The molecule has 4 nitrogen and oxygen atoms in total. The SMILES string of the molecule is CC(C)(C)NCc1cn(-c2c(F)cc(F)cc2F)nn1. The Kier molecular flexibility index (Phi) is 3.80. The summed E-state index contributed by atoms with van der Waals surface area (Å²) in [4.78, 5) is 0. The van der Waals surface area contributed by atoms with E-state index in [-0.39, 0.29) is 5.54 Å². The van der Waals surface area contributed by atoms with E-state index in [9.17, 15) is 13.2 Å². The van der Waals surface area contributed by atoms with Gasteiger partial charge in [0.05, 0.1) is 11.9 Å². The summed E-state index contributed by atoms with van der Waals surface area (Å²) in [7, 11) is 0. The predicted octanol–water partition coefficient (Wildman–Crippen LogP) is 2.57. The molecule has 1 aromatic carbocycles. The van der Waals surface area contributed by atoms with Gasteiger partial charge in [-0.1, -0.05) is 5.21 Å². The lowest BCUT2D eigenvalue weighted by atomic mass is 10.1. The van der Waals surface area contributed by atoms with Gasteiger partial charge in [0, 0.05) is 24.2 Å². The second-order valence-electron chi connectivity index (χ2n) is 5.48. The van der Waals surface area contributed by atoms with Crippen LogP contribution in [0.1, 0.15) is 26.5 Å². The minimum absolute atomic E-state index is 0.115. The molecule has 0 saturated heterocycles. The smallest absolute Gasteiger partial charge is 0.154 e. The lowest BCUT2D eigenvalue weighted by molar-refractivity contribution is 0.421. The molecule has 2 rings (SSSR count). The van der Waals surface area contributed by atoms with Crippen LogP contribution in [0.2, 0.25) is 0 Å². The van der Waals surface area contributed by atoms with Crippen molar-refractivity contribution in [2.75, 3.05) is 0 Å². The molecule has 0 fully saturated rings. The van der Waals surface area contributed by atoms with E-state index < -0.39 is 23.1 Å². The minimum atomic E-state index is -1.03. The fourth-order valence-corrected chi connectivity index (χ4v) is 1.60. The van der Waals surface area contributed by atoms with Crippen LogP contribution in [0.5, 0.6) is 0 Å². The van der Waals surface area contributed by atoms with Gasteiger partial charge in [0.15, 0.2) is 11.6 Å². The highest BCUT2D eigenvalue weighted by atomic mass is 19.1. The van der Waals surface area contributed by atoms with Crippen LogP contribution in [0.25, 0.3) is 5.69 Å². The molecule has 0 unspecified atom stereocenters. The quantitative estimate of drug-likeness (QED) is 0.942. The molecule has 1 N–H and O–H groups in total. The van der Waals surface area contributed by atoms with E-state index in [0.717, 1.165) is 4.68 Å². The third-order valence-electron chi connectivity index (χ3n) is 2.55. The Balaban J connectivity index is 2.25. The summed E-state index contributed by atoms with van der Waals surface area (Å²) >= 11 is 0. The molecular formula is C13H15F3N4. The van der Waals surface area contributed by atoms with Crippen LogP contribution in [0, 0.1) is 17.5 Å². The number of rotatable bonds is 3. The van der Waals surface area contributed by atoms with Gasteiger partial charge in [-0.25, -0.2) is 17.9 Å². The van der Waals surface area contributed by atoms with Gasteiger partial charge >= 0.3 is 0 Å². The number of benzene rings is 1. The van der Waals surface area contributed by atoms with E-state index in [1.165, 1.54) is 6.20 Å². The third-order valence-corrected chi connectivity index (χ3v) is 2.55. The average Bonchev–Trinajstić information content (AvgIpc) is 2.72. The van der Waals surface area contributed by atoms with Gasteiger partial charge in [-0.3, -0.25) is 0 Å². The second-order valence-corrected chi connectivity index (χ2v) is 5.48. The molecule has 0 aliphatic rings. The average molecular weight is 284 g/mol. The van der Waals surface area contributed by atoms with Gasteiger partial charge in [0.1, 0.15) is 11.5 Å². The molecule has 0 spiro atoms. The third kappa shape index (κ3) is 3.36. The number of hydrogen-bond acceptors (Lipinski definition) is 3. The Bertz CT molecular complexity index is 593. The topological polar surface area (TPSA) is 42.7 Å². The molecule has 7 heteroatoms. The fourth-order valence-electron chi connectivity index (χ4n) is 1.60. The summed E-state index contributed by atoms with van der Waals surface area (Å²) in [6.45, 7) is 6.36. The number of nitrogens with one attached hydrogen (secondary N) is 1.